The van der Waals surface area contributed by atoms with Crippen LogP contribution in [0.4, 0.5) is 0 Å². The van der Waals surface area contributed by atoms with E-state index in [0.717, 1.165) is 15.6 Å². The average molecular weight is 484 g/mol. The van der Waals surface area contributed by atoms with Crippen molar-refractivity contribution in [2.24, 2.45) is 0 Å². The van der Waals surface area contributed by atoms with Crippen molar-refractivity contribution in [2.45, 2.75) is 0 Å². The first kappa shape index (κ1) is 21.5. The molecule has 0 aliphatic carbocycles. The Labute approximate surface area is 187 Å². The zero-order valence-electron chi connectivity index (χ0n) is 15.7. The van der Waals surface area contributed by atoms with E-state index >= 15 is 0 Å². The maximum Gasteiger partial charge on any atom is 0.269 e. The molecule has 0 aliphatic rings. The van der Waals surface area contributed by atoms with Crippen LogP contribution in [0.15, 0.2) is 83.3 Å². The minimum absolute atomic E-state index is 0.0336. The zero-order valence-corrected chi connectivity index (χ0v) is 18.1. The number of nitrogens with one attached hydrogen (secondary N) is 3. The standard InChI is InChI=1S/C22H18BrN3O3S/c23-18-10-12-19(13-11-18)29-14-20(27)24-22(30)26-25-21(28)17-8-6-16(7-9-17)15-4-2-1-3-5-15/h1-13H,14H2,(H,25,28)(H2,24,26,27,30). The van der Waals surface area contributed by atoms with Gasteiger partial charge in [0.25, 0.3) is 11.8 Å². The van der Waals surface area contributed by atoms with Crippen molar-refractivity contribution < 1.29 is 14.3 Å². The van der Waals surface area contributed by atoms with E-state index in [2.05, 4.69) is 32.1 Å². The van der Waals surface area contributed by atoms with Crippen LogP contribution in [0.3, 0.4) is 0 Å². The maximum atomic E-state index is 12.2. The Morgan fingerprint density at radius 1 is 0.833 bits per heavy atom. The summed E-state index contributed by atoms with van der Waals surface area (Å²) < 4.78 is 6.27. The Hall–Kier alpha value is -3.23. The summed E-state index contributed by atoms with van der Waals surface area (Å²) in [5, 5.41) is 2.40. The molecule has 0 aliphatic heterocycles. The van der Waals surface area contributed by atoms with Crippen LogP contribution in [0, 0.1) is 0 Å². The number of carbonyl (C=O) groups is 2. The molecule has 3 aromatic carbocycles. The molecular formula is C22H18BrN3O3S. The predicted octanol–water partition coefficient (Wildman–Crippen LogP) is 3.83. The first-order valence-electron chi connectivity index (χ1n) is 8.95. The molecule has 8 heteroatoms. The third-order valence-electron chi connectivity index (χ3n) is 3.98. The largest absolute Gasteiger partial charge is 0.484 e. The summed E-state index contributed by atoms with van der Waals surface area (Å²) in [7, 11) is 0. The number of carbonyl (C=O) groups excluding carboxylic acids is 2. The van der Waals surface area contributed by atoms with Gasteiger partial charge in [-0.3, -0.25) is 25.8 Å². The molecule has 3 rings (SSSR count). The summed E-state index contributed by atoms with van der Waals surface area (Å²) in [6.45, 7) is -0.210. The zero-order chi connectivity index (χ0) is 21.3. The normalized spacial score (nSPS) is 10.0. The second-order valence-electron chi connectivity index (χ2n) is 6.14. The highest BCUT2D eigenvalue weighted by molar-refractivity contribution is 9.10. The van der Waals surface area contributed by atoms with Crippen LogP contribution in [-0.4, -0.2) is 23.5 Å². The summed E-state index contributed by atoms with van der Waals surface area (Å²) in [5.74, 6) is -0.270. The number of ether oxygens (including phenoxy) is 1. The SMILES string of the molecule is O=C(COc1ccc(Br)cc1)NC(=S)NNC(=O)c1ccc(-c2ccccc2)cc1. The van der Waals surface area contributed by atoms with E-state index in [9.17, 15) is 9.59 Å². The van der Waals surface area contributed by atoms with E-state index in [1.807, 2.05) is 42.5 Å². The molecule has 0 spiro atoms. The molecule has 30 heavy (non-hydrogen) atoms. The molecule has 0 unspecified atom stereocenters. The summed E-state index contributed by atoms with van der Waals surface area (Å²) in [5.41, 5.74) is 7.48. The number of rotatable bonds is 5. The van der Waals surface area contributed by atoms with Gasteiger partial charge in [0.2, 0.25) is 0 Å². The molecule has 0 radical (unpaired) electrons. The lowest BCUT2D eigenvalue weighted by Crippen LogP contribution is -2.49. The Bertz CT molecular complexity index is 1030. The predicted molar refractivity (Wildman–Crippen MR) is 123 cm³/mol. The topological polar surface area (TPSA) is 79.5 Å². The summed E-state index contributed by atoms with van der Waals surface area (Å²) >= 11 is 8.34. The third-order valence-corrected chi connectivity index (χ3v) is 4.71. The lowest BCUT2D eigenvalue weighted by molar-refractivity contribution is -0.121. The van der Waals surface area contributed by atoms with E-state index in [-0.39, 0.29) is 17.6 Å². The van der Waals surface area contributed by atoms with Crippen LogP contribution in [0.5, 0.6) is 5.75 Å². The molecule has 0 heterocycles. The van der Waals surface area contributed by atoms with Crippen molar-refractivity contribution in [3.63, 3.8) is 0 Å². The van der Waals surface area contributed by atoms with Crippen molar-refractivity contribution in [3.8, 4) is 16.9 Å². The van der Waals surface area contributed by atoms with Crippen molar-refractivity contribution in [1.82, 2.24) is 16.2 Å². The van der Waals surface area contributed by atoms with Crippen LogP contribution in [0.2, 0.25) is 0 Å². The summed E-state index contributed by atoms with van der Waals surface area (Å²) in [4.78, 5) is 24.1. The molecule has 0 aromatic heterocycles. The number of hydrogen-bond acceptors (Lipinski definition) is 4. The summed E-state index contributed by atoms with van der Waals surface area (Å²) in [6.07, 6.45) is 0. The van der Waals surface area contributed by atoms with E-state index in [0.29, 0.717) is 11.3 Å². The van der Waals surface area contributed by atoms with Gasteiger partial charge in [0, 0.05) is 10.0 Å². The Morgan fingerprint density at radius 2 is 1.47 bits per heavy atom. The van der Waals surface area contributed by atoms with Gasteiger partial charge >= 0.3 is 0 Å². The molecule has 0 saturated heterocycles. The van der Waals surface area contributed by atoms with Gasteiger partial charge < -0.3 is 4.74 Å². The fourth-order valence-electron chi connectivity index (χ4n) is 2.50. The number of hydrogen-bond donors (Lipinski definition) is 3. The highest BCUT2D eigenvalue weighted by Crippen LogP contribution is 2.19. The molecule has 0 bridgehead atoms. The van der Waals surface area contributed by atoms with Crippen molar-refractivity contribution >= 4 is 45.1 Å². The fourth-order valence-corrected chi connectivity index (χ4v) is 2.93. The second kappa shape index (κ2) is 10.5. The van der Waals surface area contributed by atoms with Gasteiger partial charge in [-0.1, -0.05) is 58.4 Å². The van der Waals surface area contributed by atoms with Gasteiger partial charge in [-0.15, -0.1) is 0 Å². The number of benzene rings is 3. The molecule has 6 nitrogen and oxygen atoms in total. The van der Waals surface area contributed by atoms with Crippen LogP contribution in [0.25, 0.3) is 11.1 Å². The van der Waals surface area contributed by atoms with E-state index in [1.54, 1.807) is 36.4 Å². The second-order valence-corrected chi connectivity index (χ2v) is 7.47. The van der Waals surface area contributed by atoms with Gasteiger partial charge in [0.1, 0.15) is 5.75 Å². The molecule has 2 amide bonds. The van der Waals surface area contributed by atoms with E-state index < -0.39 is 5.91 Å². The minimum atomic E-state index is -0.447. The van der Waals surface area contributed by atoms with E-state index in [1.165, 1.54) is 0 Å². The fraction of sp³-hybridized carbons (Fsp3) is 0.0455. The Morgan fingerprint density at radius 3 is 2.13 bits per heavy atom. The molecule has 3 aromatic rings. The quantitative estimate of drug-likeness (QED) is 0.379. The maximum absolute atomic E-state index is 12.2. The number of halogens is 1. The highest BCUT2D eigenvalue weighted by atomic mass is 79.9. The van der Waals surface area contributed by atoms with Crippen LogP contribution >= 0.6 is 28.1 Å². The van der Waals surface area contributed by atoms with E-state index in [4.69, 9.17) is 17.0 Å². The molecule has 0 fully saturated rings. The lowest BCUT2D eigenvalue weighted by Gasteiger charge is -2.11. The van der Waals surface area contributed by atoms with Gasteiger partial charge in [0.15, 0.2) is 11.7 Å². The molecule has 3 N–H and O–H groups in total. The monoisotopic (exact) mass is 483 g/mol. The molecular weight excluding hydrogens is 466 g/mol. The van der Waals surface area contributed by atoms with Crippen LogP contribution in [0.1, 0.15) is 10.4 Å². The summed E-state index contributed by atoms with van der Waals surface area (Å²) in [6, 6.07) is 24.1. The van der Waals surface area contributed by atoms with Gasteiger partial charge in [0.05, 0.1) is 0 Å². The Kier molecular flexibility index (Phi) is 7.53. The van der Waals surface area contributed by atoms with Gasteiger partial charge in [-0.05, 0) is 59.7 Å². The van der Waals surface area contributed by atoms with Crippen LogP contribution in [-0.2, 0) is 4.79 Å². The number of thiocarbonyl (C=S) groups is 1. The van der Waals surface area contributed by atoms with Crippen molar-refractivity contribution in [2.75, 3.05) is 6.61 Å². The highest BCUT2D eigenvalue weighted by Gasteiger charge is 2.09. The van der Waals surface area contributed by atoms with Gasteiger partial charge in [-0.25, -0.2) is 0 Å². The lowest BCUT2D eigenvalue weighted by atomic mass is 10.0. The number of amides is 2. The first-order valence-corrected chi connectivity index (χ1v) is 10.2. The smallest absolute Gasteiger partial charge is 0.269 e. The minimum Gasteiger partial charge on any atom is -0.484 e. The van der Waals surface area contributed by atoms with Crippen molar-refractivity contribution in [3.05, 3.63) is 88.9 Å². The average Bonchev–Trinajstić information content (AvgIpc) is 2.78. The Balaban J connectivity index is 1.43. The van der Waals surface area contributed by atoms with Crippen LogP contribution < -0.4 is 20.9 Å². The van der Waals surface area contributed by atoms with Crippen molar-refractivity contribution in [1.29, 1.82) is 0 Å². The molecule has 0 saturated carbocycles. The third kappa shape index (κ3) is 6.40. The van der Waals surface area contributed by atoms with Gasteiger partial charge in [-0.2, -0.15) is 0 Å². The first-order chi connectivity index (χ1) is 14.5. The molecule has 0 atom stereocenters. The number of hydrazine groups is 1. The molecule has 152 valence electrons.